The van der Waals surface area contributed by atoms with Gasteiger partial charge >= 0.3 is 0 Å². The van der Waals surface area contributed by atoms with Crippen LogP contribution >= 0.6 is 0 Å². The van der Waals surface area contributed by atoms with Crippen LogP contribution in [0.15, 0.2) is 0 Å². The van der Waals surface area contributed by atoms with E-state index in [-0.39, 0.29) is 0 Å². The van der Waals surface area contributed by atoms with E-state index in [1.54, 1.807) is 0 Å². The lowest BCUT2D eigenvalue weighted by atomic mass is 10.1. The lowest BCUT2D eigenvalue weighted by Crippen LogP contribution is -2.39. The number of nitrogens with one attached hydrogen (secondary N) is 1. The smallest absolute Gasteiger partial charge is 0.187 e. The zero-order valence-corrected chi connectivity index (χ0v) is 11.2. The summed E-state index contributed by atoms with van der Waals surface area (Å²) in [7, 11) is -1.27. The van der Waals surface area contributed by atoms with Crippen LogP contribution in [-0.2, 0) is 4.43 Å². The third-order valence-corrected chi connectivity index (χ3v) is 5.52. The van der Waals surface area contributed by atoms with Gasteiger partial charge in [-0.05, 0) is 44.9 Å². The molecule has 1 fully saturated rings. The standard InChI is InChI=1S/C11H26N2OSi/c1-15(2)10-4-6-11(14-15)5-3-8-13-9-7-12/h11,13H,3-10,12H2,1-2H3. The Hall–Kier alpha value is 0.0969. The van der Waals surface area contributed by atoms with Gasteiger partial charge in [0.25, 0.3) is 0 Å². The first kappa shape index (κ1) is 13.2. The van der Waals surface area contributed by atoms with Gasteiger partial charge < -0.3 is 15.5 Å². The molecule has 0 spiro atoms. The van der Waals surface area contributed by atoms with Gasteiger partial charge in [-0.2, -0.15) is 0 Å². The first-order valence-corrected chi connectivity index (χ1v) is 9.34. The topological polar surface area (TPSA) is 47.3 Å². The average molecular weight is 230 g/mol. The largest absolute Gasteiger partial charge is 0.414 e. The van der Waals surface area contributed by atoms with Gasteiger partial charge in [0.05, 0.1) is 0 Å². The molecule has 1 atom stereocenters. The lowest BCUT2D eigenvalue weighted by molar-refractivity contribution is 0.149. The predicted molar refractivity (Wildman–Crippen MR) is 67.6 cm³/mol. The van der Waals surface area contributed by atoms with Gasteiger partial charge in [-0.3, -0.25) is 0 Å². The molecule has 3 nitrogen and oxygen atoms in total. The Bertz CT molecular complexity index is 176. The van der Waals surface area contributed by atoms with Gasteiger partial charge in [0, 0.05) is 19.2 Å². The van der Waals surface area contributed by atoms with E-state index in [0.717, 1.165) is 19.6 Å². The monoisotopic (exact) mass is 230 g/mol. The molecule has 3 N–H and O–H groups in total. The van der Waals surface area contributed by atoms with Crippen molar-refractivity contribution in [3.05, 3.63) is 0 Å². The molecule has 1 saturated heterocycles. The quantitative estimate of drug-likeness (QED) is 0.539. The van der Waals surface area contributed by atoms with Crippen molar-refractivity contribution in [2.75, 3.05) is 19.6 Å². The van der Waals surface area contributed by atoms with Crippen LogP contribution < -0.4 is 11.1 Å². The van der Waals surface area contributed by atoms with Gasteiger partial charge in [-0.15, -0.1) is 0 Å². The summed E-state index contributed by atoms with van der Waals surface area (Å²) in [6.07, 6.45) is 5.62. The van der Waals surface area contributed by atoms with Crippen LogP contribution in [0, 0.1) is 0 Å². The minimum atomic E-state index is -1.27. The van der Waals surface area contributed by atoms with Crippen LogP contribution in [0.3, 0.4) is 0 Å². The number of hydrogen-bond acceptors (Lipinski definition) is 3. The Morgan fingerprint density at radius 3 is 2.87 bits per heavy atom. The molecule has 1 heterocycles. The van der Waals surface area contributed by atoms with E-state index in [4.69, 9.17) is 10.2 Å². The van der Waals surface area contributed by atoms with Crippen molar-refractivity contribution in [2.45, 2.75) is 50.9 Å². The number of hydrogen-bond donors (Lipinski definition) is 2. The second-order valence-corrected chi connectivity index (χ2v) is 9.33. The van der Waals surface area contributed by atoms with E-state index in [2.05, 4.69) is 18.4 Å². The molecule has 0 radical (unpaired) electrons. The Labute approximate surface area is 94.9 Å². The van der Waals surface area contributed by atoms with Gasteiger partial charge in [0.2, 0.25) is 0 Å². The van der Waals surface area contributed by atoms with Crippen molar-refractivity contribution in [3.8, 4) is 0 Å². The van der Waals surface area contributed by atoms with Gasteiger partial charge in [-0.25, -0.2) is 0 Å². The first-order valence-electron chi connectivity index (χ1n) is 6.23. The molecule has 1 aliphatic rings. The molecule has 0 aromatic heterocycles. The molecule has 0 saturated carbocycles. The molecule has 1 rings (SSSR count). The lowest BCUT2D eigenvalue weighted by Gasteiger charge is -2.34. The molecule has 4 heteroatoms. The second kappa shape index (κ2) is 6.63. The summed E-state index contributed by atoms with van der Waals surface area (Å²) in [5.74, 6) is 0. The molecule has 90 valence electrons. The van der Waals surface area contributed by atoms with Crippen LogP contribution in [0.2, 0.25) is 19.1 Å². The van der Waals surface area contributed by atoms with Gasteiger partial charge in [0.1, 0.15) is 0 Å². The van der Waals surface area contributed by atoms with Crippen molar-refractivity contribution in [1.29, 1.82) is 0 Å². The fourth-order valence-corrected chi connectivity index (χ4v) is 4.52. The van der Waals surface area contributed by atoms with Crippen LogP contribution in [0.4, 0.5) is 0 Å². The van der Waals surface area contributed by atoms with E-state index in [9.17, 15) is 0 Å². The number of nitrogens with two attached hydrogens (primary N) is 1. The Kier molecular flexibility index (Phi) is 5.82. The predicted octanol–water partition coefficient (Wildman–Crippen LogP) is 1.70. The maximum absolute atomic E-state index is 6.17. The van der Waals surface area contributed by atoms with E-state index in [0.29, 0.717) is 6.10 Å². The van der Waals surface area contributed by atoms with Crippen LogP contribution in [0.1, 0.15) is 25.7 Å². The summed E-state index contributed by atoms with van der Waals surface area (Å²) in [5.41, 5.74) is 5.41. The fourth-order valence-electron chi connectivity index (χ4n) is 2.21. The zero-order valence-electron chi connectivity index (χ0n) is 10.2. The summed E-state index contributed by atoms with van der Waals surface area (Å²) in [5, 5.41) is 3.33. The van der Waals surface area contributed by atoms with E-state index < -0.39 is 8.32 Å². The minimum absolute atomic E-state index is 0.542. The average Bonchev–Trinajstić information content (AvgIpc) is 2.16. The highest BCUT2D eigenvalue weighted by atomic mass is 28.4. The van der Waals surface area contributed by atoms with Gasteiger partial charge in [0.15, 0.2) is 8.32 Å². The van der Waals surface area contributed by atoms with Crippen molar-refractivity contribution in [1.82, 2.24) is 5.32 Å². The summed E-state index contributed by atoms with van der Waals surface area (Å²) < 4.78 is 6.17. The summed E-state index contributed by atoms with van der Waals surface area (Å²) in [6, 6.07) is 1.34. The highest BCUT2D eigenvalue weighted by Gasteiger charge is 2.30. The third-order valence-electron chi connectivity index (χ3n) is 2.99. The summed E-state index contributed by atoms with van der Waals surface area (Å²) >= 11 is 0. The highest BCUT2D eigenvalue weighted by molar-refractivity contribution is 6.71. The van der Waals surface area contributed by atoms with E-state index in [1.807, 2.05) is 0 Å². The maximum Gasteiger partial charge on any atom is 0.187 e. The minimum Gasteiger partial charge on any atom is -0.414 e. The molecule has 1 aliphatic heterocycles. The molecule has 15 heavy (non-hydrogen) atoms. The van der Waals surface area contributed by atoms with Gasteiger partial charge in [-0.1, -0.05) is 6.42 Å². The van der Waals surface area contributed by atoms with E-state index in [1.165, 1.54) is 31.7 Å². The fraction of sp³-hybridized carbons (Fsp3) is 1.00. The summed E-state index contributed by atoms with van der Waals surface area (Å²) in [4.78, 5) is 0. The molecule has 0 aromatic rings. The molecule has 0 bridgehead atoms. The van der Waals surface area contributed by atoms with Crippen LogP contribution in [0.25, 0.3) is 0 Å². The van der Waals surface area contributed by atoms with Crippen molar-refractivity contribution < 1.29 is 4.43 Å². The highest BCUT2D eigenvalue weighted by Crippen LogP contribution is 2.27. The van der Waals surface area contributed by atoms with Crippen molar-refractivity contribution in [2.24, 2.45) is 5.73 Å². The van der Waals surface area contributed by atoms with Crippen molar-refractivity contribution >= 4 is 8.32 Å². The molecule has 0 aliphatic carbocycles. The molecule has 0 amide bonds. The summed E-state index contributed by atoms with van der Waals surface area (Å²) in [6.45, 7) is 7.43. The molecular formula is C11H26N2OSi. The Morgan fingerprint density at radius 1 is 1.40 bits per heavy atom. The Morgan fingerprint density at radius 2 is 2.20 bits per heavy atom. The molecular weight excluding hydrogens is 204 g/mol. The normalized spacial score (nSPS) is 25.4. The number of rotatable bonds is 6. The SMILES string of the molecule is C[Si]1(C)CCCC(CCCNCCN)O1. The van der Waals surface area contributed by atoms with Crippen LogP contribution in [0.5, 0.6) is 0 Å². The van der Waals surface area contributed by atoms with Crippen molar-refractivity contribution in [3.63, 3.8) is 0 Å². The Balaban J connectivity index is 2.05. The molecule has 0 aromatic carbocycles. The third kappa shape index (κ3) is 5.66. The van der Waals surface area contributed by atoms with E-state index >= 15 is 0 Å². The first-order chi connectivity index (χ1) is 7.14. The zero-order chi connectivity index (χ0) is 11.1. The second-order valence-electron chi connectivity index (χ2n) is 5.07. The van der Waals surface area contributed by atoms with Crippen LogP contribution in [-0.4, -0.2) is 34.1 Å². The molecule has 1 unspecified atom stereocenters. The maximum atomic E-state index is 6.17.